The molecule has 0 bridgehead atoms. The van der Waals surface area contributed by atoms with E-state index in [0.29, 0.717) is 0 Å². The van der Waals surface area contributed by atoms with Crippen LogP contribution in [0.5, 0.6) is 0 Å². The van der Waals surface area contributed by atoms with Gasteiger partial charge in [-0.3, -0.25) is 0 Å². The van der Waals surface area contributed by atoms with Crippen molar-refractivity contribution in [2.75, 3.05) is 0 Å². The van der Waals surface area contributed by atoms with Gasteiger partial charge in [0.1, 0.15) is 5.65 Å². The van der Waals surface area contributed by atoms with Gasteiger partial charge < -0.3 is 4.57 Å². The number of nitrogens with zero attached hydrogens (tertiary/aromatic N) is 2. The zero-order valence-corrected chi connectivity index (χ0v) is 8.95. The van der Waals surface area contributed by atoms with E-state index in [-0.39, 0.29) is 0 Å². The Morgan fingerprint density at radius 1 is 1.58 bits per heavy atom. The van der Waals surface area contributed by atoms with Crippen LogP contribution < -0.4 is 0 Å². The standard InChI is InChI=1S/C9H9IN2/c1-2-12-6-8(10)7-4-3-5-11-9(7)12/h3-6H,2H2,1H3. The molecule has 2 nitrogen and oxygen atoms in total. The minimum Gasteiger partial charge on any atom is -0.332 e. The van der Waals surface area contributed by atoms with Crippen molar-refractivity contribution in [3.63, 3.8) is 0 Å². The molecule has 2 aromatic rings. The molecule has 0 saturated heterocycles. The molecule has 0 radical (unpaired) electrons. The molecular weight excluding hydrogens is 263 g/mol. The lowest BCUT2D eigenvalue weighted by atomic mass is 10.3. The monoisotopic (exact) mass is 272 g/mol. The summed E-state index contributed by atoms with van der Waals surface area (Å²) in [7, 11) is 0. The number of hydrogen-bond donors (Lipinski definition) is 0. The first-order chi connectivity index (χ1) is 5.83. The third kappa shape index (κ3) is 1.12. The maximum absolute atomic E-state index is 4.33. The van der Waals surface area contributed by atoms with Crippen LogP contribution in [0, 0.1) is 3.57 Å². The minimum absolute atomic E-state index is 0.983. The van der Waals surface area contributed by atoms with Gasteiger partial charge in [-0.25, -0.2) is 4.98 Å². The quantitative estimate of drug-likeness (QED) is 0.730. The molecule has 2 rings (SSSR count). The summed E-state index contributed by atoms with van der Waals surface area (Å²) in [5.74, 6) is 0. The van der Waals surface area contributed by atoms with Crippen molar-refractivity contribution in [3.8, 4) is 0 Å². The van der Waals surface area contributed by atoms with Crippen molar-refractivity contribution in [2.24, 2.45) is 0 Å². The van der Waals surface area contributed by atoms with Gasteiger partial charge in [-0.15, -0.1) is 0 Å². The van der Waals surface area contributed by atoms with Crippen molar-refractivity contribution in [2.45, 2.75) is 13.5 Å². The molecule has 12 heavy (non-hydrogen) atoms. The Labute approximate surface area is 84.7 Å². The van der Waals surface area contributed by atoms with E-state index >= 15 is 0 Å². The second kappa shape index (κ2) is 3.05. The lowest BCUT2D eigenvalue weighted by Gasteiger charge is -1.96. The van der Waals surface area contributed by atoms with Crippen molar-refractivity contribution in [1.82, 2.24) is 9.55 Å². The van der Waals surface area contributed by atoms with Crippen LogP contribution in [-0.4, -0.2) is 9.55 Å². The number of fused-ring (bicyclic) bond motifs is 1. The fourth-order valence-electron chi connectivity index (χ4n) is 1.32. The molecule has 62 valence electrons. The number of hydrogen-bond acceptors (Lipinski definition) is 1. The molecule has 0 aliphatic rings. The molecular formula is C9H9IN2. The van der Waals surface area contributed by atoms with Gasteiger partial charge in [-0.05, 0) is 41.6 Å². The van der Waals surface area contributed by atoms with Crippen molar-refractivity contribution in [1.29, 1.82) is 0 Å². The molecule has 3 heteroatoms. The van der Waals surface area contributed by atoms with Gasteiger partial charge in [0.05, 0.1) is 0 Å². The Hall–Kier alpha value is -0.580. The Kier molecular flexibility index (Phi) is 2.04. The second-order valence-corrected chi connectivity index (χ2v) is 3.80. The lowest BCUT2D eigenvalue weighted by Crippen LogP contribution is -1.91. The molecule has 0 amide bonds. The van der Waals surface area contributed by atoms with Crippen LogP contribution >= 0.6 is 22.6 Å². The molecule has 0 N–H and O–H groups in total. The number of halogens is 1. The van der Waals surface area contributed by atoms with Crippen molar-refractivity contribution >= 4 is 33.6 Å². The Bertz CT molecular complexity index is 406. The molecule has 0 aromatic carbocycles. The molecule has 0 aliphatic carbocycles. The number of aromatic nitrogens is 2. The summed E-state index contributed by atoms with van der Waals surface area (Å²) in [5.41, 5.74) is 1.09. The van der Waals surface area contributed by atoms with Gasteiger partial charge >= 0.3 is 0 Å². The Morgan fingerprint density at radius 2 is 2.42 bits per heavy atom. The maximum Gasteiger partial charge on any atom is 0.140 e. The third-order valence-electron chi connectivity index (χ3n) is 1.93. The van der Waals surface area contributed by atoms with Crippen LogP contribution in [0.1, 0.15) is 6.92 Å². The highest BCUT2D eigenvalue weighted by molar-refractivity contribution is 14.1. The van der Waals surface area contributed by atoms with E-state index in [9.17, 15) is 0 Å². The van der Waals surface area contributed by atoms with E-state index in [0.717, 1.165) is 12.2 Å². The van der Waals surface area contributed by atoms with Crippen LogP contribution in [0.3, 0.4) is 0 Å². The van der Waals surface area contributed by atoms with Crippen LogP contribution in [0.15, 0.2) is 24.5 Å². The zero-order chi connectivity index (χ0) is 8.55. The summed E-state index contributed by atoms with van der Waals surface area (Å²) in [6.07, 6.45) is 3.98. The van der Waals surface area contributed by atoms with Crippen LogP contribution in [0.4, 0.5) is 0 Å². The topological polar surface area (TPSA) is 17.8 Å². The summed E-state index contributed by atoms with van der Waals surface area (Å²) in [6.45, 7) is 3.11. The molecule has 2 heterocycles. The molecule has 0 atom stereocenters. The van der Waals surface area contributed by atoms with Gasteiger partial charge in [0, 0.05) is 27.9 Å². The van der Waals surface area contributed by atoms with E-state index in [4.69, 9.17) is 0 Å². The molecule has 0 aliphatic heterocycles. The highest BCUT2D eigenvalue weighted by Gasteiger charge is 2.03. The van der Waals surface area contributed by atoms with Gasteiger partial charge in [-0.2, -0.15) is 0 Å². The van der Waals surface area contributed by atoms with Gasteiger partial charge in [0.2, 0.25) is 0 Å². The summed E-state index contributed by atoms with van der Waals surface area (Å²) < 4.78 is 3.44. The smallest absolute Gasteiger partial charge is 0.140 e. The first kappa shape index (κ1) is 8.04. The summed E-state index contributed by atoms with van der Waals surface area (Å²) in [6, 6.07) is 4.08. The summed E-state index contributed by atoms with van der Waals surface area (Å²) in [5, 5.41) is 1.25. The lowest BCUT2D eigenvalue weighted by molar-refractivity contribution is 0.786. The number of pyridine rings is 1. The highest BCUT2D eigenvalue weighted by atomic mass is 127. The molecule has 0 unspecified atom stereocenters. The van der Waals surface area contributed by atoms with E-state index in [1.54, 1.807) is 0 Å². The van der Waals surface area contributed by atoms with Gasteiger partial charge in [0.25, 0.3) is 0 Å². The van der Waals surface area contributed by atoms with Crippen molar-refractivity contribution in [3.05, 3.63) is 28.1 Å². The van der Waals surface area contributed by atoms with Gasteiger partial charge in [0.15, 0.2) is 0 Å². The zero-order valence-electron chi connectivity index (χ0n) is 6.79. The normalized spacial score (nSPS) is 10.8. The number of rotatable bonds is 1. The fourth-order valence-corrected chi connectivity index (χ4v) is 2.08. The average molecular weight is 272 g/mol. The van der Waals surface area contributed by atoms with E-state index in [1.807, 2.05) is 12.3 Å². The Balaban J connectivity index is 2.82. The Morgan fingerprint density at radius 3 is 3.17 bits per heavy atom. The first-order valence-corrected chi connectivity index (χ1v) is 5.00. The van der Waals surface area contributed by atoms with Crippen LogP contribution in [-0.2, 0) is 6.54 Å². The van der Waals surface area contributed by atoms with E-state index in [2.05, 4.69) is 51.3 Å². The van der Waals surface area contributed by atoms with Crippen LogP contribution in [0.25, 0.3) is 11.0 Å². The SMILES string of the molecule is CCn1cc(I)c2cccnc21. The minimum atomic E-state index is 0.983. The summed E-state index contributed by atoms with van der Waals surface area (Å²) in [4.78, 5) is 4.33. The number of aryl methyl sites for hydroxylation is 1. The third-order valence-corrected chi connectivity index (χ3v) is 2.79. The maximum atomic E-state index is 4.33. The molecule has 2 aromatic heterocycles. The van der Waals surface area contributed by atoms with Crippen LogP contribution in [0.2, 0.25) is 0 Å². The van der Waals surface area contributed by atoms with E-state index < -0.39 is 0 Å². The predicted octanol–water partition coefficient (Wildman–Crippen LogP) is 2.66. The fraction of sp³-hybridized carbons (Fsp3) is 0.222. The first-order valence-electron chi connectivity index (χ1n) is 3.92. The van der Waals surface area contributed by atoms with E-state index in [1.165, 1.54) is 8.96 Å². The largest absolute Gasteiger partial charge is 0.332 e. The van der Waals surface area contributed by atoms with Crippen molar-refractivity contribution < 1.29 is 0 Å². The average Bonchev–Trinajstić information content (AvgIpc) is 2.44. The predicted molar refractivity (Wildman–Crippen MR) is 58.1 cm³/mol. The highest BCUT2D eigenvalue weighted by Crippen LogP contribution is 2.20. The molecule has 0 saturated carbocycles. The molecule has 0 fully saturated rings. The second-order valence-electron chi connectivity index (χ2n) is 2.64. The van der Waals surface area contributed by atoms with Gasteiger partial charge in [-0.1, -0.05) is 0 Å². The molecule has 0 spiro atoms. The summed E-state index contributed by atoms with van der Waals surface area (Å²) >= 11 is 2.34.